The van der Waals surface area contributed by atoms with Crippen molar-refractivity contribution in [1.29, 1.82) is 0 Å². The van der Waals surface area contributed by atoms with Crippen LogP contribution in [0.25, 0.3) is 0 Å². The minimum absolute atomic E-state index is 0.623. The van der Waals surface area contributed by atoms with E-state index in [1.807, 2.05) is 30.3 Å². The Kier molecular flexibility index (Phi) is 3.93. The summed E-state index contributed by atoms with van der Waals surface area (Å²) >= 11 is 3.29. The standard InChI is InChI=1S/C12H12BrN3O/c1-17-12-4-2-3-10(16-12)8-14-9-5-6-11(13)15-7-9/h2-7,14H,8H2,1H3. The first-order valence-corrected chi connectivity index (χ1v) is 5.92. The molecule has 2 rings (SSSR count). The minimum atomic E-state index is 0.623. The summed E-state index contributed by atoms with van der Waals surface area (Å²) in [6.07, 6.45) is 1.77. The number of nitrogens with one attached hydrogen (secondary N) is 1. The van der Waals surface area contributed by atoms with Crippen molar-refractivity contribution < 1.29 is 4.74 Å². The quantitative estimate of drug-likeness (QED) is 0.881. The third-order valence-electron chi connectivity index (χ3n) is 2.19. The van der Waals surface area contributed by atoms with Gasteiger partial charge in [0.2, 0.25) is 5.88 Å². The Morgan fingerprint density at radius 2 is 2.18 bits per heavy atom. The van der Waals surface area contributed by atoms with Gasteiger partial charge in [-0.05, 0) is 34.1 Å². The number of nitrogens with zero attached hydrogens (tertiary/aromatic N) is 2. The van der Waals surface area contributed by atoms with E-state index in [1.54, 1.807) is 13.3 Å². The summed E-state index contributed by atoms with van der Waals surface area (Å²) in [5.41, 5.74) is 1.88. The van der Waals surface area contributed by atoms with E-state index in [1.165, 1.54) is 0 Å². The van der Waals surface area contributed by atoms with E-state index in [0.29, 0.717) is 12.4 Å². The fourth-order valence-electron chi connectivity index (χ4n) is 1.34. The average molecular weight is 294 g/mol. The summed E-state index contributed by atoms with van der Waals surface area (Å²) in [6.45, 7) is 0.639. The monoisotopic (exact) mass is 293 g/mol. The molecule has 2 heterocycles. The lowest BCUT2D eigenvalue weighted by atomic mass is 10.3. The molecule has 2 aromatic heterocycles. The van der Waals surface area contributed by atoms with E-state index >= 15 is 0 Å². The lowest BCUT2D eigenvalue weighted by molar-refractivity contribution is 0.396. The zero-order valence-electron chi connectivity index (χ0n) is 9.35. The highest BCUT2D eigenvalue weighted by molar-refractivity contribution is 9.10. The van der Waals surface area contributed by atoms with Crippen molar-refractivity contribution in [3.05, 3.63) is 46.8 Å². The zero-order valence-corrected chi connectivity index (χ0v) is 10.9. The SMILES string of the molecule is COc1cccc(CNc2ccc(Br)nc2)n1. The number of hydrogen-bond donors (Lipinski definition) is 1. The van der Waals surface area contributed by atoms with Gasteiger partial charge in [0.15, 0.2) is 0 Å². The van der Waals surface area contributed by atoms with Crippen molar-refractivity contribution in [3.8, 4) is 5.88 Å². The molecule has 0 aliphatic carbocycles. The number of pyridine rings is 2. The number of aromatic nitrogens is 2. The lowest BCUT2D eigenvalue weighted by Gasteiger charge is -2.06. The molecule has 0 saturated heterocycles. The first-order chi connectivity index (χ1) is 8.28. The molecule has 0 amide bonds. The van der Waals surface area contributed by atoms with Gasteiger partial charge in [-0.15, -0.1) is 0 Å². The van der Waals surface area contributed by atoms with Crippen LogP contribution >= 0.6 is 15.9 Å². The second-order valence-electron chi connectivity index (χ2n) is 3.39. The Labute approximate surface area is 108 Å². The van der Waals surface area contributed by atoms with Gasteiger partial charge in [0.05, 0.1) is 31.2 Å². The molecule has 0 spiro atoms. The maximum absolute atomic E-state index is 5.07. The van der Waals surface area contributed by atoms with Crippen LogP contribution in [0.15, 0.2) is 41.1 Å². The van der Waals surface area contributed by atoms with Gasteiger partial charge in [0.25, 0.3) is 0 Å². The molecular weight excluding hydrogens is 282 g/mol. The molecule has 1 N–H and O–H groups in total. The second kappa shape index (κ2) is 5.63. The van der Waals surface area contributed by atoms with E-state index in [0.717, 1.165) is 16.0 Å². The van der Waals surface area contributed by atoms with Crippen LogP contribution in [-0.4, -0.2) is 17.1 Å². The Morgan fingerprint density at radius 3 is 2.88 bits per heavy atom. The zero-order chi connectivity index (χ0) is 12.1. The predicted octanol–water partition coefficient (Wildman–Crippen LogP) is 2.86. The van der Waals surface area contributed by atoms with Crippen LogP contribution in [0.2, 0.25) is 0 Å². The van der Waals surface area contributed by atoms with Gasteiger partial charge in [-0.1, -0.05) is 6.07 Å². The van der Waals surface area contributed by atoms with E-state index in [-0.39, 0.29) is 0 Å². The minimum Gasteiger partial charge on any atom is -0.481 e. The molecule has 2 aromatic rings. The van der Waals surface area contributed by atoms with Crippen LogP contribution in [0.1, 0.15) is 5.69 Å². The molecule has 5 heteroatoms. The van der Waals surface area contributed by atoms with Crippen LogP contribution in [0.3, 0.4) is 0 Å². The maximum atomic E-state index is 5.07. The topological polar surface area (TPSA) is 47.0 Å². The van der Waals surface area contributed by atoms with Crippen molar-refractivity contribution in [1.82, 2.24) is 9.97 Å². The highest BCUT2D eigenvalue weighted by atomic mass is 79.9. The van der Waals surface area contributed by atoms with Crippen LogP contribution in [0.4, 0.5) is 5.69 Å². The molecule has 4 nitrogen and oxygen atoms in total. The predicted molar refractivity (Wildman–Crippen MR) is 70.1 cm³/mol. The van der Waals surface area contributed by atoms with Gasteiger partial charge in [0.1, 0.15) is 4.60 Å². The fraction of sp³-hybridized carbons (Fsp3) is 0.167. The molecule has 17 heavy (non-hydrogen) atoms. The third-order valence-corrected chi connectivity index (χ3v) is 2.66. The fourth-order valence-corrected chi connectivity index (χ4v) is 1.58. The van der Waals surface area contributed by atoms with E-state index < -0.39 is 0 Å². The summed E-state index contributed by atoms with van der Waals surface area (Å²) in [5, 5.41) is 3.24. The highest BCUT2D eigenvalue weighted by Gasteiger charge is 1.98. The number of halogens is 1. The molecule has 0 atom stereocenters. The summed E-state index contributed by atoms with van der Waals surface area (Å²) in [5.74, 6) is 0.623. The van der Waals surface area contributed by atoms with Crippen LogP contribution in [-0.2, 0) is 6.54 Å². The third kappa shape index (κ3) is 3.42. The molecule has 0 bridgehead atoms. The molecule has 0 radical (unpaired) electrons. The Hall–Kier alpha value is -1.62. The molecule has 0 aromatic carbocycles. The van der Waals surface area contributed by atoms with Crippen molar-refractivity contribution in [2.75, 3.05) is 12.4 Å². The molecule has 0 unspecified atom stereocenters. The molecule has 0 aliphatic heterocycles. The molecule has 0 aliphatic rings. The molecular formula is C12H12BrN3O. The first kappa shape index (κ1) is 11.9. The van der Waals surface area contributed by atoms with Crippen LogP contribution < -0.4 is 10.1 Å². The van der Waals surface area contributed by atoms with Crippen LogP contribution in [0, 0.1) is 0 Å². The van der Waals surface area contributed by atoms with Gasteiger partial charge in [-0.3, -0.25) is 0 Å². The lowest BCUT2D eigenvalue weighted by Crippen LogP contribution is -2.02. The maximum Gasteiger partial charge on any atom is 0.213 e. The number of rotatable bonds is 4. The van der Waals surface area contributed by atoms with Crippen molar-refractivity contribution in [3.63, 3.8) is 0 Å². The smallest absolute Gasteiger partial charge is 0.213 e. The van der Waals surface area contributed by atoms with Crippen molar-refractivity contribution >= 4 is 21.6 Å². The van der Waals surface area contributed by atoms with Crippen molar-refractivity contribution in [2.24, 2.45) is 0 Å². The average Bonchev–Trinajstić information content (AvgIpc) is 2.38. The molecule has 0 fully saturated rings. The summed E-state index contributed by atoms with van der Waals surface area (Å²) in [6, 6.07) is 9.54. The van der Waals surface area contributed by atoms with E-state index in [9.17, 15) is 0 Å². The van der Waals surface area contributed by atoms with E-state index in [4.69, 9.17) is 4.74 Å². The largest absolute Gasteiger partial charge is 0.481 e. The molecule has 88 valence electrons. The Bertz CT molecular complexity index is 487. The summed E-state index contributed by atoms with van der Waals surface area (Å²) in [7, 11) is 1.61. The first-order valence-electron chi connectivity index (χ1n) is 5.13. The molecule has 0 saturated carbocycles. The van der Waals surface area contributed by atoms with Gasteiger partial charge >= 0.3 is 0 Å². The summed E-state index contributed by atoms with van der Waals surface area (Å²) in [4.78, 5) is 8.44. The number of hydrogen-bond acceptors (Lipinski definition) is 4. The Morgan fingerprint density at radius 1 is 1.29 bits per heavy atom. The number of methoxy groups -OCH3 is 1. The van der Waals surface area contributed by atoms with Crippen LogP contribution in [0.5, 0.6) is 5.88 Å². The number of anilines is 1. The van der Waals surface area contributed by atoms with Gasteiger partial charge < -0.3 is 10.1 Å². The number of ether oxygens (including phenoxy) is 1. The highest BCUT2D eigenvalue weighted by Crippen LogP contribution is 2.12. The second-order valence-corrected chi connectivity index (χ2v) is 4.21. The Balaban J connectivity index is 1.99. The summed E-state index contributed by atoms with van der Waals surface area (Å²) < 4.78 is 5.89. The van der Waals surface area contributed by atoms with E-state index in [2.05, 4.69) is 31.2 Å². The van der Waals surface area contributed by atoms with Gasteiger partial charge in [0, 0.05) is 6.07 Å². The van der Waals surface area contributed by atoms with Gasteiger partial charge in [-0.2, -0.15) is 0 Å². The normalized spacial score (nSPS) is 10.0. The van der Waals surface area contributed by atoms with Crippen molar-refractivity contribution in [2.45, 2.75) is 6.54 Å². The van der Waals surface area contributed by atoms with Gasteiger partial charge in [-0.25, -0.2) is 9.97 Å².